The lowest BCUT2D eigenvalue weighted by atomic mass is 10.1. The van der Waals surface area contributed by atoms with Crippen molar-refractivity contribution in [3.05, 3.63) is 63.9 Å². The zero-order chi connectivity index (χ0) is 17.4. The van der Waals surface area contributed by atoms with Crippen LogP contribution in [0.4, 0.5) is 0 Å². The molecule has 0 radical (unpaired) electrons. The zero-order valence-corrected chi connectivity index (χ0v) is 14.4. The lowest BCUT2D eigenvalue weighted by molar-refractivity contribution is -0.129. The molecule has 1 heterocycles. The van der Waals surface area contributed by atoms with Crippen molar-refractivity contribution in [2.45, 2.75) is 19.4 Å². The normalized spacial score (nSPS) is 10.2. The molecule has 24 heavy (non-hydrogen) atoms. The quantitative estimate of drug-likeness (QED) is 0.741. The summed E-state index contributed by atoms with van der Waals surface area (Å²) in [5.74, 6) is -0.652. The molecule has 0 atom stereocenters. The molecule has 126 valence electrons. The van der Waals surface area contributed by atoms with Crippen molar-refractivity contribution in [2.24, 2.45) is 0 Å². The highest BCUT2D eigenvalue weighted by molar-refractivity contribution is 6.35. The van der Waals surface area contributed by atoms with Gasteiger partial charge < -0.3 is 10.6 Å². The Morgan fingerprint density at radius 2 is 1.71 bits per heavy atom. The van der Waals surface area contributed by atoms with Crippen molar-refractivity contribution < 1.29 is 9.59 Å². The van der Waals surface area contributed by atoms with E-state index in [4.69, 9.17) is 23.2 Å². The number of hydrogen-bond donors (Lipinski definition) is 2. The summed E-state index contributed by atoms with van der Waals surface area (Å²) in [7, 11) is 0. The predicted molar refractivity (Wildman–Crippen MR) is 93.9 cm³/mol. The van der Waals surface area contributed by atoms with Crippen molar-refractivity contribution in [1.29, 1.82) is 0 Å². The number of carbonyl (C=O) groups excluding carboxylic acids is 2. The van der Waals surface area contributed by atoms with Gasteiger partial charge in [-0.2, -0.15) is 0 Å². The molecular formula is C17H17Cl2N3O2. The average molecular weight is 366 g/mol. The maximum absolute atomic E-state index is 11.8. The highest BCUT2D eigenvalue weighted by Crippen LogP contribution is 2.20. The fraction of sp³-hybridized carbons (Fsp3) is 0.235. The van der Waals surface area contributed by atoms with Crippen molar-refractivity contribution in [3.8, 4) is 0 Å². The van der Waals surface area contributed by atoms with Crippen molar-refractivity contribution >= 4 is 35.0 Å². The summed E-state index contributed by atoms with van der Waals surface area (Å²) in [6.07, 6.45) is 3.66. The van der Waals surface area contributed by atoms with E-state index < -0.39 is 0 Å². The van der Waals surface area contributed by atoms with E-state index in [9.17, 15) is 9.59 Å². The Balaban J connectivity index is 1.68. The third-order valence-electron chi connectivity index (χ3n) is 3.29. The van der Waals surface area contributed by atoms with E-state index in [2.05, 4.69) is 15.6 Å². The van der Waals surface area contributed by atoms with Crippen molar-refractivity contribution in [2.75, 3.05) is 6.54 Å². The van der Waals surface area contributed by atoms with E-state index in [1.807, 2.05) is 6.07 Å². The summed E-state index contributed by atoms with van der Waals surface area (Å²) in [4.78, 5) is 27.4. The predicted octanol–water partition coefficient (Wildman–Crippen LogP) is 2.75. The summed E-state index contributed by atoms with van der Waals surface area (Å²) >= 11 is 11.9. The van der Waals surface area contributed by atoms with Crippen LogP contribution >= 0.6 is 23.2 Å². The summed E-state index contributed by atoms with van der Waals surface area (Å²) < 4.78 is 0. The number of nitrogens with one attached hydrogen (secondary N) is 2. The largest absolute Gasteiger partial charge is 0.355 e. The van der Waals surface area contributed by atoms with Crippen molar-refractivity contribution in [1.82, 2.24) is 15.6 Å². The number of amides is 2. The summed E-state index contributed by atoms with van der Waals surface area (Å²) in [5.41, 5.74) is 1.82. The molecular weight excluding hydrogens is 349 g/mol. The molecule has 0 aliphatic rings. The van der Waals surface area contributed by atoms with Gasteiger partial charge in [0.15, 0.2) is 0 Å². The smallest absolute Gasteiger partial charge is 0.229 e. The second kappa shape index (κ2) is 9.25. The van der Waals surface area contributed by atoms with Crippen LogP contribution in [0.15, 0.2) is 42.7 Å². The molecule has 0 fully saturated rings. The van der Waals surface area contributed by atoms with Crippen LogP contribution in [0.5, 0.6) is 0 Å². The SMILES string of the molecule is O=C(CC(=O)NCc1ccncc1)NCCc1ccc(Cl)cc1Cl. The molecule has 2 amide bonds. The molecule has 5 nitrogen and oxygen atoms in total. The van der Waals surface area contributed by atoms with Crippen LogP contribution in [0.3, 0.4) is 0 Å². The van der Waals surface area contributed by atoms with Crippen LogP contribution in [0.1, 0.15) is 17.5 Å². The molecule has 0 aliphatic heterocycles. The van der Waals surface area contributed by atoms with Gasteiger partial charge in [0, 0.05) is 35.5 Å². The minimum Gasteiger partial charge on any atom is -0.355 e. The van der Waals surface area contributed by atoms with Gasteiger partial charge in [0.05, 0.1) is 0 Å². The van der Waals surface area contributed by atoms with Crippen LogP contribution in [0.25, 0.3) is 0 Å². The second-order valence-electron chi connectivity index (χ2n) is 5.14. The Labute approximate surface area is 150 Å². The van der Waals surface area contributed by atoms with Gasteiger partial charge in [-0.15, -0.1) is 0 Å². The zero-order valence-electron chi connectivity index (χ0n) is 12.9. The van der Waals surface area contributed by atoms with Crippen LogP contribution < -0.4 is 10.6 Å². The number of hydrogen-bond acceptors (Lipinski definition) is 3. The number of benzene rings is 1. The van der Waals surface area contributed by atoms with Crippen molar-refractivity contribution in [3.63, 3.8) is 0 Å². The Kier molecular flexibility index (Phi) is 7.03. The van der Waals surface area contributed by atoms with Gasteiger partial charge in [0.1, 0.15) is 6.42 Å². The van der Waals surface area contributed by atoms with Gasteiger partial charge in [-0.05, 0) is 41.8 Å². The van der Waals surface area contributed by atoms with E-state index in [0.717, 1.165) is 11.1 Å². The number of nitrogens with zero attached hydrogens (tertiary/aromatic N) is 1. The van der Waals surface area contributed by atoms with E-state index in [-0.39, 0.29) is 18.2 Å². The minimum atomic E-state index is -0.327. The van der Waals surface area contributed by atoms with Crippen LogP contribution in [-0.4, -0.2) is 23.3 Å². The summed E-state index contributed by atoms with van der Waals surface area (Å²) in [5, 5.41) is 6.52. The van der Waals surface area contributed by atoms with Gasteiger partial charge >= 0.3 is 0 Å². The monoisotopic (exact) mass is 365 g/mol. The highest BCUT2D eigenvalue weighted by atomic mass is 35.5. The molecule has 2 aromatic rings. The summed E-state index contributed by atoms with van der Waals surface area (Å²) in [6, 6.07) is 8.83. The van der Waals surface area contributed by atoms with Gasteiger partial charge in [-0.3, -0.25) is 14.6 Å². The molecule has 0 saturated heterocycles. The molecule has 2 N–H and O–H groups in total. The Morgan fingerprint density at radius 1 is 1.00 bits per heavy atom. The maximum atomic E-state index is 11.8. The molecule has 1 aromatic heterocycles. The fourth-order valence-electron chi connectivity index (χ4n) is 2.03. The first-order chi connectivity index (χ1) is 11.5. The fourth-order valence-corrected chi connectivity index (χ4v) is 2.54. The Morgan fingerprint density at radius 3 is 2.42 bits per heavy atom. The van der Waals surface area contributed by atoms with E-state index in [1.54, 1.807) is 36.7 Å². The molecule has 1 aromatic carbocycles. The van der Waals surface area contributed by atoms with E-state index >= 15 is 0 Å². The van der Waals surface area contributed by atoms with Crippen LogP contribution in [-0.2, 0) is 22.6 Å². The molecule has 0 aliphatic carbocycles. The second-order valence-corrected chi connectivity index (χ2v) is 5.99. The average Bonchev–Trinajstić information content (AvgIpc) is 2.56. The number of aromatic nitrogens is 1. The van der Waals surface area contributed by atoms with Gasteiger partial charge in [0.25, 0.3) is 0 Å². The van der Waals surface area contributed by atoms with Gasteiger partial charge in [0.2, 0.25) is 11.8 Å². The molecule has 0 saturated carbocycles. The maximum Gasteiger partial charge on any atom is 0.229 e. The van der Waals surface area contributed by atoms with E-state index in [1.165, 1.54) is 0 Å². The van der Waals surface area contributed by atoms with E-state index in [0.29, 0.717) is 29.6 Å². The third kappa shape index (κ3) is 6.18. The first-order valence-corrected chi connectivity index (χ1v) is 8.16. The van der Waals surface area contributed by atoms with Crippen LogP contribution in [0.2, 0.25) is 10.0 Å². The molecule has 2 rings (SSSR count). The molecule has 0 bridgehead atoms. The van der Waals surface area contributed by atoms with Gasteiger partial charge in [-0.25, -0.2) is 0 Å². The highest BCUT2D eigenvalue weighted by Gasteiger charge is 2.09. The summed E-state index contributed by atoms with van der Waals surface area (Å²) in [6.45, 7) is 0.771. The number of pyridine rings is 1. The lowest BCUT2D eigenvalue weighted by Gasteiger charge is -2.08. The Bertz CT molecular complexity index is 708. The molecule has 7 heteroatoms. The first-order valence-electron chi connectivity index (χ1n) is 7.41. The minimum absolute atomic E-state index is 0.209. The number of carbonyl (C=O) groups is 2. The van der Waals surface area contributed by atoms with Crippen LogP contribution in [0, 0.1) is 0 Å². The number of halogens is 2. The lowest BCUT2D eigenvalue weighted by Crippen LogP contribution is -2.32. The Hall–Kier alpha value is -2.11. The number of rotatable bonds is 7. The third-order valence-corrected chi connectivity index (χ3v) is 3.88. The molecule has 0 unspecified atom stereocenters. The topological polar surface area (TPSA) is 71.1 Å². The standard InChI is InChI=1S/C17H17Cl2N3O2/c18-14-2-1-13(15(19)9-14)5-8-21-16(23)10-17(24)22-11-12-3-6-20-7-4-12/h1-4,6-7,9H,5,8,10-11H2,(H,21,23)(H,22,24). The van der Waals surface area contributed by atoms with Gasteiger partial charge in [-0.1, -0.05) is 29.3 Å². The molecule has 0 spiro atoms. The first kappa shape index (κ1) is 18.2.